The first-order valence-electron chi connectivity index (χ1n) is 8.02. The fourth-order valence-electron chi connectivity index (χ4n) is 2.91. The molecule has 0 saturated heterocycles. The van der Waals surface area contributed by atoms with Gasteiger partial charge in [0.2, 0.25) is 0 Å². The normalized spacial score (nSPS) is 15.2. The highest BCUT2D eigenvalue weighted by molar-refractivity contribution is 7.07. The highest BCUT2D eigenvalue weighted by Crippen LogP contribution is 2.39. The minimum absolute atomic E-state index is 0.523. The summed E-state index contributed by atoms with van der Waals surface area (Å²) in [5, 5.41) is 3.28. The Kier molecular flexibility index (Phi) is 3.13. The number of nitrogens with zero attached hydrogens (tertiary/aromatic N) is 3. The van der Waals surface area contributed by atoms with Gasteiger partial charge in [-0.2, -0.15) is 0 Å². The summed E-state index contributed by atoms with van der Waals surface area (Å²) in [4.78, 5) is 9.93. The van der Waals surface area contributed by atoms with Crippen molar-refractivity contribution in [2.45, 2.75) is 18.9 Å². The zero-order chi connectivity index (χ0) is 15.9. The predicted molar refractivity (Wildman–Crippen MR) is 95.2 cm³/mol. The molecule has 24 heavy (non-hydrogen) atoms. The molecule has 0 amide bonds. The summed E-state index contributed by atoms with van der Waals surface area (Å²) in [6.07, 6.45) is 5.95. The lowest BCUT2D eigenvalue weighted by molar-refractivity contribution is 0.613. The number of hydrogen-bond acceptors (Lipinski definition) is 4. The van der Waals surface area contributed by atoms with E-state index in [0.717, 1.165) is 32.9 Å². The number of furan rings is 1. The van der Waals surface area contributed by atoms with Crippen LogP contribution in [0.3, 0.4) is 0 Å². The molecule has 0 spiro atoms. The summed E-state index contributed by atoms with van der Waals surface area (Å²) in [6.45, 7) is 0. The third kappa shape index (κ3) is 2.37. The number of benzene rings is 1. The molecule has 0 N–H and O–H groups in total. The second-order valence-corrected chi connectivity index (χ2v) is 6.81. The van der Waals surface area contributed by atoms with E-state index in [-0.39, 0.29) is 0 Å². The number of aromatic nitrogens is 2. The Morgan fingerprint density at radius 1 is 1.17 bits per heavy atom. The molecular weight excluding hydrogens is 318 g/mol. The first-order chi connectivity index (χ1) is 11.9. The Labute approximate surface area is 142 Å². The Morgan fingerprint density at radius 2 is 2.08 bits per heavy atom. The van der Waals surface area contributed by atoms with Gasteiger partial charge in [0.15, 0.2) is 10.6 Å². The number of fused-ring (bicyclic) bond motifs is 1. The van der Waals surface area contributed by atoms with Crippen molar-refractivity contribution in [2.75, 3.05) is 0 Å². The Balaban J connectivity index is 1.68. The number of thiazole rings is 1. The average Bonchev–Trinajstić information content (AvgIpc) is 3.22. The molecule has 3 aromatic heterocycles. The van der Waals surface area contributed by atoms with E-state index in [1.807, 2.05) is 30.3 Å². The lowest BCUT2D eigenvalue weighted by Gasteiger charge is -2.04. The van der Waals surface area contributed by atoms with E-state index in [4.69, 9.17) is 9.41 Å². The van der Waals surface area contributed by atoms with Gasteiger partial charge in [-0.25, -0.2) is 4.99 Å². The molecule has 0 bridgehead atoms. The van der Waals surface area contributed by atoms with Crippen molar-refractivity contribution in [1.82, 2.24) is 9.55 Å². The molecule has 0 unspecified atom stereocenters. The van der Waals surface area contributed by atoms with Gasteiger partial charge in [-0.3, -0.25) is 4.98 Å². The van der Waals surface area contributed by atoms with Crippen LogP contribution in [0.4, 0.5) is 5.69 Å². The predicted octanol–water partition coefficient (Wildman–Crippen LogP) is 4.93. The minimum Gasteiger partial charge on any atom is -0.454 e. The molecule has 0 atom stereocenters. The SMILES string of the molecule is c1cncc(N=c2scc(-c3cc4ccccc4o3)n2C2CC2)c1. The molecule has 4 nitrogen and oxygen atoms in total. The Morgan fingerprint density at radius 3 is 2.88 bits per heavy atom. The number of hydrogen-bond donors (Lipinski definition) is 0. The molecule has 0 aliphatic heterocycles. The molecule has 118 valence electrons. The Hall–Kier alpha value is -2.66. The van der Waals surface area contributed by atoms with E-state index in [1.165, 1.54) is 12.8 Å². The van der Waals surface area contributed by atoms with Crippen LogP contribution in [0.2, 0.25) is 0 Å². The van der Waals surface area contributed by atoms with Gasteiger partial charge in [0.1, 0.15) is 5.58 Å². The van der Waals surface area contributed by atoms with Gasteiger partial charge in [0, 0.05) is 23.0 Å². The van der Waals surface area contributed by atoms with Crippen LogP contribution in [0, 0.1) is 0 Å². The van der Waals surface area contributed by atoms with E-state index in [0.29, 0.717) is 6.04 Å². The van der Waals surface area contributed by atoms with E-state index < -0.39 is 0 Å². The maximum Gasteiger partial charge on any atom is 0.190 e. The molecule has 1 aliphatic rings. The van der Waals surface area contributed by atoms with Crippen LogP contribution in [-0.2, 0) is 0 Å². The lowest BCUT2D eigenvalue weighted by Crippen LogP contribution is -2.14. The van der Waals surface area contributed by atoms with Gasteiger partial charge in [0.25, 0.3) is 0 Å². The van der Waals surface area contributed by atoms with Gasteiger partial charge >= 0.3 is 0 Å². The molecule has 1 saturated carbocycles. The maximum absolute atomic E-state index is 6.07. The summed E-state index contributed by atoms with van der Waals surface area (Å²) in [7, 11) is 0. The fraction of sp³-hybridized carbons (Fsp3) is 0.158. The standard InChI is InChI=1S/C19H15N3OS/c1-2-6-17-13(4-1)10-18(23-17)16-12-24-19(22(16)15-7-8-15)21-14-5-3-9-20-11-14/h1-6,9-12,15H,7-8H2. The van der Waals surface area contributed by atoms with Gasteiger partial charge in [0.05, 0.1) is 17.6 Å². The quantitative estimate of drug-likeness (QED) is 0.534. The van der Waals surface area contributed by atoms with Crippen molar-refractivity contribution in [1.29, 1.82) is 0 Å². The molecule has 1 fully saturated rings. The van der Waals surface area contributed by atoms with Crippen LogP contribution in [-0.4, -0.2) is 9.55 Å². The summed E-state index contributed by atoms with van der Waals surface area (Å²) in [5.74, 6) is 0.909. The van der Waals surface area contributed by atoms with Crippen molar-refractivity contribution in [3.63, 3.8) is 0 Å². The van der Waals surface area contributed by atoms with Crippen molar-refractivity contribution in [3.8, 4) is 11.5 Å². The summed E-state index contributed by atoms with van der Waals surface area (Å²) in [6, 6.07) is 14.7. The number of rotatable bonds is 3. The highest BCUT2D eigenvalue weighted by atomic mass is 32.1. The van der Waals surface area contributed by atoms with Crippen molar-refractivity contribution in [2.24, 2.45) is 4.99 Å². The Bertz CT molecular complexity index is 1040. The van der Waals surface area contributed by atoms with Gasteiger partial charge in [-0.05, 0) is 37.1 Å². The zero-order valence-electron chi connectivity index (χ0n) is 12.9. The second-order valence-electron chi connectivity index (χ2n) is 5.98. The van der Waals surface area contributed by atoms with E-state index in [2.05, 4.69) is 27.1 Å². The molecule has 5 rings (SSSR count). The zero-order valence-corrected chi connectivity index (χ0v) is 13.7. The van der Waals surface area contributed by atoms with Crippen molar-refractivity contribution in [3.05, 3.63) is 65.0 Å². The van der Waals surface area contributed by atoms with Crippen LogP contribution >= 0.6 is 11.3 Å². The number of pyridine rings is 1. The van der Waals surface area contributed by atoms with Crippen LogP contribution in [0.5, 0.6) is 0 Å². The molecule has 1 aliphatic carbocycles. The summed E-state index contributed by atoms with van der Waals surface area (Å²) in [5.41, 5.74) is 2.91. The largest absolute Gasteiger partial charge is 0.454 e. The van der Waals surface area contributed by atoms with Crippen LogP contribution in [0.15, 0.2) is 69.6 Å². The first kappa shape index (κ1) is 13.7. The maximum atomic E-state index is 6.07. The van der Waals surface area contributed by atoms with Gasteiger partial charge in [-0.15, -0.1) is 11.3 Å². The molecule has 1 aromatic carbocycles. The highest BCUT2D eigenvalue weighted by Gasteiger charge is 2.28. The van der Waals surface area contributed by atoms with E-state index >= 15 is 0 Å². The van der Waals surface area contributed by atoms with Gasteiger partial charge in [-0.1, -0.05) is 18.2 Å². The van der Waals surface area contributed by atoms with Crippen molar-refractivity contribution >= 4 is 28.0 Å². The third-order valence-corrected chi connectivity index (χ3v) is 5.04. The smallest absolute Gasteiger partial charge is 0.190 e. The molecule has 0 radical (unpaired) electrons. The second kappa shape index (κ2) is 5.46. The van der Waals surface area contributed by atoms with Crippen molar-refractivity contribution < 1.29 is 4.42 Å². The first-order valence-corrected chi connectivity index (χ1v) is 8.90. The van der Waals surface area contributed by atoms with E-state index in [1.54, 1.807) is 23.7 Å². The monoisotopic (exact) mass is 333 g/mol. The van der Waals surface area contributed by atoms with Crippen LogP contribution < -0.4 is 4.80 Å². The van der Waals surface area contributed by atoms with Gasteiger partial charge < -0.3 is 8.98 Å². The molecular formula is C19H15N3OS. The fourth-order valence-corrected chi connectivity index (χ4v) is 3.87. The average molecular weight is 333 g/mol. The van der Waals surface area contributed by atoms with Crippen LogP contribution in [0.25, 0.3) is 22.4 Å². The third-order valence-electron chi connectivity index (χ3n) is 4.20. The number of para-hydroxylation sites is 1. The molecule has 4 aromatic rings. The van der Waals surface area contributed by atoms with E-state index in [9.17, 15) is 0 Å². The molecule has 5 heteroatoms. The summed E-state index contributed by atoms with van der Waals surface area (Å²) < 4.78 is 8.38. The summed E-state index contributed by atoms with van der Waals surface area (Å²) >= 11 is 1.65. The lowest BCUT2D eigenvalue weighted by atomic mass is 10.2. The van der Waals surface area contributed by atoms with Crippen LogP contribution in [0.1, 0.15) is 18.9 Å². The molecule has 3 heterocycles. The minimum atomic E-state index is 0.523. The topological polar surface area (TPSA) is 43.3 Å².